The third kappa shape index (κ3) is 3.27. The van der Waals surface area contributed by atoms with E-state index >= 15 is 0 Å². The van der Waals surface area contributed by atoms with E-state index in [0.29, 0.717) is 15.6 Å². The van der Waals surface area contributed by atoms with Crippen molar-refractivity contribution in [3.05, 3.63) is 82.8 Å². The van der Waals surface area contributed by atoms with Crippen LogP contribution in [0.3, 0.4) is 0 Å². The lowest BCUT2D eigenvalue weighted by Gasteiger charge is -2.11. The maximum Gasteiger partial charge on any atom is 0.207 e. The maximum atomic E-state index is 13.0. The van der Waals surface area contributed by atoms with Crippen LogP contribution in [0.1, 0.15) is 0 Å². The molecule has 5 heteroatoms. The average molecular weight is 363 g/mol. The van der Waals surface area contributed by atoms with Crippen LogP contribution >= 0.6 is 23.2 Å². The Hall–Kier alpha value is -1.81. The molecular weight excluding hydrogens is 351 g/mol. The Morgan fingerprint density at radius 2 is 1.30 bits per heavy atom. The quantitative estimate of drug-likeness (QED) is 0.616. The normalized spacial score (nSPS) is 11.4. The van der Waals surface area contributed by atoms with E-state index in [1.165, 1.54) is 18.2 Å². The Morgan fingerprint density at radius 1 is 0.696 bits per heavy atom. The molecule has 0 unspecified atom stereocenters. The van der Waals surface area contributed by atoms with Gasteiger partial charge in [-0.1, -0.05) is 53.5 Å². The molecule has 2 nitrogen and oxygen atoms in total. The molecule has 0 spiro atoms. The first-order chi connectivity index (χ1) is 11.0. The van der Waals surface area contributed by atoms with Gasteiger partial charge in [0.25, 0.3) is 0 Å². The van der Waals surface area contributed by atoms with Gasteiger partial charge in [0.2, 0.25) is 9.84 Å². The molecule has 3 rings (SSSR count). The number of benzene rings is 3. The number of rotatable bonds is 3. The lowest BCUT2D eigenvalue weighted by Crippen LogP contribution is -2.04. The van der Waals surface area contributed by atoms with Gasteiger partial charge < -0.3 is 0 Å². The van der Waals surface area contributed by atoms with Crippen molar-refractivity contribution in [2.24, 2.45) is 0 Å². The summed E-state index contributed by atoms with van der Waals surface area (Å²) >= 11 is 11.9. The zero-order chi connectivity index (χ0) is 16.4. The summed E-state index contributed by atoms with van der Waals surface area (Å²) in [5.41, 5.74) is 1.37. The number of halogens is 2. The van der Waals surface area contributed by atoms with Crippen molar-refractivity contribution < 1.29 is 8.42 Å². The molecule has 0 saturated heterocycles. The number of sulfone groups is 1. The molecule has 0 aliphatic heterocycles. The van der Waals surface area contributed by atoms with E-state index < -0.39 is 9.84 Å². The second-order valence-electron chi connectivity index (χ2n) is 4.96. The highest BCUT2D eigenvalue weighted by molar-refractivity contribution is 7.91. The summed E-state index contributed by atoms with van der Waals surface area (Å²) in [6.45, 7) is 0. The molecule has 0 aliphatic carbocycles. The molecule has 0 amide bonds. The molecular formula is C18H12Cl2O2S. The summed E-state index contributed by atoms with van der Waals surface area (Å²) in [7, 11) is -3.67. The molecule has 3 aromatic carbocycles. The third-order valence-electron chi connectivity index (χ3n) is 3.44. The van der Waals surface area contributed by atoms with Crippen LogP contribution in [0.25, 0.3) is 11.1 Å². The van der Waals surface area contributed by atoms with Gasteiger partial charge in [-0.05, 0) is 48.0 Å². The molecule has 0 aromatic heterocycles. The minimum absolute atomic E-state index is 0.196. The zero-order valence-electron chi connectivity index (χ0n) is 11.9. The molecule has 0 N–H and O–H groups in total. The number of hydrogen-bond donors (Lipinski definition) is 0. The predicted octanol–water partition coefficient (Wildman–Crippen LogP) is 5.49. The Bertz CT molecular complexity index is 935. The molecule has 0 heterocycles. The van der Waals surface area contributed by atoms with Crippen LogP contribution < -0.4 is 0 Å². The summed E-state index contributed by atoms with van der Waals surface area (Å²) in [4.78, 5) is 0.414. The maximum absolute atomic E-state index is 13.0. The van der Waals surface area contributed by atoms with Gasteiger partial charge in [-0.3, -0.25) is 0 Å². The van der Waals surface area contributed by atoms with Crippen molar-refractivity contribution in [1.29, 1.82) is 0 Å². The second kappa shape index (κ2) is 6.36. The lowest BCUT2D eigenvalue weighted by molar-refractivity contribution is 0.596. The highest BCUT2D eigenvalue weighted by Gasteiger charge is 2.22. The van der Waals surface area contributed by atoms with E-state index in [-0.39, 0.29) is 9.79 Å². The number of hydrogen-bond acceptors (Lipinski definition) is 2. The topological polar surface area (TPSA) is 34.1 Å². The Labute approximate surface area is 145 Å². The molecule has 0 fully saturated rings. The minimum Gasteiger partial charge on any atom is -0.218 e. The van der Waals surface area contributed by atoms with Crippen LogP contribution in [0.2, 0.25) is 10.0 Å². The Morgan fingerprint density at radius 3 is 1.96 bits per heavy atom. The predicted molar refractivity (Wildman–Crippen MR) is 93.8 cm³/mol. The zero-order valence-corrected chi connectivity index (χ0v) is 14.2. The summed E-state index contributed by atoms with van der Waals surface area (Å²) in [5, 5.41) is 0.974. The third-order valence-corrected chi connectivity index (χ3v) is 5.75. The molecule has 0 radical (unpaired) electrons. The second-order valence-corrected chi connectivity index (χ2v) is 7.75. The van der Waals surface area contributed by atoms with Gasteiger partial charge in [-0.2, -0.15) is 0 Å². The Kier molecular flexibility index (Phi) is 4.44. The van der Waals surface area contributed by atoms with E-state index in [0.717, 1.165) is 5.56 Å². The SMILES string of the molecule is O=S(=O)(c1ccc(Cl)cc1)c1ccc(Cl)cc1-c1ccccc1. The standard InChI is InChI=1S/C18H12Cl2O2S/c19-14-6-9-16(10-7-14)23(21,22)18-11-8-15(20)12-17(18)13-4-2-1-3-5-13/h1-12H. The monoisotopic (exact) mass is 362 g/mol. The lowest BCUT2D eigenvalue weighted by atomic mass is 10.1. The fraction of sp³-hybridized carbons (Fsp3) is 0. The largest absolute Gasteiger partial charge is 0.218 e. The van der Waals surface area contributed by atoms with E-state index in [1.54, 1.807) is 24.3 Å². The van der Waals surface area contributed by atoms with Crippen molar-refractivity contribution in [3.63, 3.8) is 0 Å². The summed E-state index contributed by atoms with van der Waals surface area (Å²) in [5.74, 6) is 0. The van der Waals surface area contributed by atoms with Crippen LogP contribution in [0.5, 0.6) is 0 Å². The molecule has 0 atom stereocenters. The fourth-order valence-electron chi connectivity index (χ4n) is 2.32. The van der Waals surface area contributed by atoms with Gasteiger partial charge in [0.05, 0.1) is 9.79 Å². The molecule has 0 saturated carbocycles. The van der Waals surface area contributed by atoms with Gasteiger partial charge >= 0.3 is 0 Å². The summed E-state index contributed by atoms with van der Waals surface area (Å²) in [6, 6.07) is 20.2. The molecule has 0 bridgehead atoms. The van der Waals surface area contributed by atoms with Crippen LogP contribution in [0.15, 0.2) is 82.6 Å². The molecule has 116 valence electrons. The van der Waals surface area contributed by atoms with Crippen LogP contribution in [0.4, 0.5) is 0 Å². The van der Waals surface area contributed by atoms with Gasteiger partial charge in [0.15, 0.2) is 0 Å². The van der Waals surface area contributed by atoms with Gasteiger partial charge in [-0.25, -0.2) is 8.42 Å². The first-order valence-electron chi connectivity index (χ1n) is 6.84. The van der Waals surface area contributed by atoms with E-state index in [9.17, 15) is 8.42 Å². The first-order valence-corrected chi connectivity index (χ1v) is 9.08. The van der Waals surface area contributed by atoms with E-state index in [4.69, 9.17) is 23.2 Å². The van der Waals surface area contributed by atoms with E-state index in [1.807, 2.05) is 30.3 Å². The van der Waals surface area contributed by atoms with Crippen LogP contribution in [0, 0.1) is 0 Å². The van der Waals surface area contributed by atoms with Crippen molar-refractivity contribution in [2.45, 2.75) is 9.79 Å². The molecule has 0 aliphatic rings. The smallest absolute Gasteiger partial charge is 0.207 e. The average Bonchev–Trinajstić information content (AvgIpc) is 2.56. The molecule has 3 aromatic rings. The highest BCUT2D eigenvalue weighted by atomic mass is 35.5. The van der Waals surface area contributed by atoms with Gasteiger partial charge in [-0.15, -0.1) is 0 Å². The van der Waals surface area contributed by atoms with Crippen molar-refractivity contribution in [2.75, 3.05) is 0 Å². The molecule has 23 heavy (non-hydrogen) atoms. The van der Waals surface area contributed by atoms with Crippen molar-refractivity contribution in [1.82, 2.24) is 0 Å². The van der Waals surface area contributed by atoms with Crippen LogP contribution in [-0.4, -0.2) is 8.42 Å². The minimum atomic E-state index is -3.67. The van der Waals surface area contributed by atoms with Crippen molar-refractivity contribution in [3.8, 4) is 11.1 Å². The van der Waals surface area contributed by atoms with Crippen molar-refractivity contribution >= 4 is 33.0 Å². The Balaban J connectivity index is 2.22. The summed E-state index contributed by atoms with van der Waals surface area (Å²) < 4.78 is 25.9. The fourth-order valence-corrected chi connectivity index (χ4v) is 4.08. The van der Waals surface area contributed by atoms with E-state index in [2.05, 4.69) is 0 Å². The van der Waals surface area contributed by atoms with Crippen LogP contribution in [-0.2, 0) is 9.84 Å². The van der Waals surface area contributed by atoms with Gasteiger partial charge in [0.1, 0.15) is 0 Å². The summed E-state index contributed by atoms with van der Waals surface area (Å²) in [6.07, 6.45) is 0. The first kappa shape index (κ1) is 16.1. The van der Waals surface area contributed by atoms with Gasteiger partial charge in [0, 0.05) is 15.6 Å². The highest BCUT2D eigenvalue weighted by Crippen LogP contribution is 2.33.